The fourth-order valence-electron chi connectivity index (χ4n) is 12.2. The average molecular weight is 1040 g/mol. The fourth-order valence-corrected chi connectivity index (χ4v) is 12.2. The molecule has 0 amide bonds. The third-order valence-electron chi connectivity index (χ3n) is 17.6. The lowest BCUT2D eigenvalue weighted by Gasteiger charge is -2.46. The van der Waals surface area contributed by atoms with Crippen LogP contribution in [0.4, 0.5) is 0 Å². The Hall–Kier alpha value is -2.00. The molecule has 7 unspecified atom stereocenters. The number of fused-ring (bicyclic) bond motifs is 3. The zero-order chi connectivity index (χ0) is 54.4. The van der Waals surface area contributed by atoms with Crippen molar-refractivity contribution in [2.24, 2.45) is 52.8 Å². The van der Waals surface area contributed by atoms with E-state index < -0.39 is 109 Å². The number of carbonyl (C=O) groups excluding carboxylic acids is 4. The first-order valence-electron chi connectivity index (χ1n) is 28.0. The largest absolute Gasteiger partial charge is 0.459 e. The zero-order valence-corrected chi connectivity index (χ0v) is 46.5. The van der Waals surface area contributed by atoms with Crippen molar-refractivity contribution in [1.82, 2.24) is 4.90 Å². The van der Waals surface area contributed by atoms with Gasteiger partial charge < -0.3 is 59.1 Å². The molecule has 424 valence electrons. The molecule has 17 nitrogen and oxygen atoms in total. The van der Waals surface area contributed by atoms with Crippen LogP contribution in [0.2, 0.25) is 0 Å². The number of hydrogen-bond acceptors (Lipinski definition) is 17. The van der Waals surface area contributed by atoms with E-state index >= 15 is 0 Å². The molecule has 0 spiro atoms. The van der Waals surface area contributed by atoms with E-state index in [1.807, 2.05) is 20.8 Å². The lowest BCUT2D eigenvalue weighted by atomic mass is 9.78. The van der Waals surface area contributed by atoms with Crippen molar-refractivity contribution in [3.05, 3.63) is 0 Å². The number of nitrogens with zero attached hydrogens (tertiary/aromatic N) is 1. The normalized spacial score (nSPS) is 40.1. The van der Waals surface area contributed by atoms with Crippen LogP contribution in [-0.2, 0) is 47.6 Å². The van der Waals surface area contributed by atoms with E-state index in [1.165, 1.54) is 26.0 Å². The minimum Gasteiger partial charge on any atom is -0.459 e. The summed E-state index contributed by atoms with van der Waals surface area (Å²) in [6, 6.07) is -0.876. The summed E-state index contributed by atoms with van der Waals surface area (Å²) < 4.78 is 36.2. The van der Waals surface area contributed by atoms with Crippen molar-refractivity contribution in [3.8, 4) is 0 Å². The van der Waals surface area contributed by atoms with Crippen LogP contribution in [-0.4, -0.2) is 167 Å². The van der Waals surface area contributed by atoms with Crippen molar-refractivity contribution in [2.75, 3.05) is 41.1 Å². The van der Waals surface area contributed by atoms with Crippen LogP contribution in [0.1, 0.15) is 171 Å². The molecule has 3 heterocycles. The second kappa shape index (κ2) is 29.7. The SMILES string of the molecule is CO[C@H]1C[C@@H]2CCC(C)[C@@](O)(O2)C(=O)C(O)N2CCCCC2C(O)O[C@H]([C@H](C)C[C@@H]2CC[C@@H](OC(=O)C(C)(CO)CO)[C@H](OC)C2)CC(=O)C(C)CC(C)[C@@H](O)[C@@H](OC)C(=O)[C@H](C)C[C@H](C)CCCCCC1C. The summed E-state index contributed by atoms with van der Waals surface area (Å²) in [7, 11) is 4.63. The van der Waals surface area contributed by atoms with Crippen LogP contribution in [0.5, 0.6) is 0 Å². The number of esters is 1. The number of aliphatic hydroxyl groups is 6. The van der Waals surface area contributed by atoms with E-state index in [1.54, 1.807) is 21.0 Å². The lowest BCUT2D eigenvalue weighted by molar-refractivity contribution is -0.278. The first-order chi connectivity index (χ1) is 34.5. The second-order valence-electron chi connectivity index (χ2n) is 23.7. The monoisotopic (exact) mass is 1040 g/mol. The number of methoxy groups -OCH3 is 3. The molecule has 0 radical (unpaired) electrons. The summed E-state index contributed by atoms with van der Waals surface area (Å²) in [6.07, 6.45) is 2.74. The number of hydrogen-bond donors (Lipinski definition) is 6. The minimum atomic E-state index is -2.29. The van der Waals surface area contributed by atoms with E-state index in [4.69, 9.17) is 28.4 Å². The summed E-state index contributed by atoms with van der Waals surface area (Å²) in [5.74, 6) is -6.13. The van der Waals surface area contributed by atoms with Gasteiger partial charge in [-0.25, -0.2) is 0 Å². The fraction of sp³-hybridized carbons (Fsp3) is 0.929. The molecule has 0 aromatic heterocycles. The Bertz CT molecular complexity index is 1700. The van der Waals surface area contributed by atoms with Crippen LogP contribution in [0.25, 0.3) is 0 Å². The number of piperidine rings is 1. The molecule has 4 fully saturated rings. The number of ketones is 3. The molecule has 17 heteroatoms. The molecule has 4 aliphatic rings. The highest BCUT2D eigenvalue weighted by atomic mass is 16.6. The smallest absolute Gasteiger partial charge is 0.316 e. The molecule has 6 N–H and O–H groups in total. The predicted octanol–water partition coefficient (Wildman–Crippen LogP) is 5.91. The van der Waals surface area contributed by atoms with E-state index in [-0.39, 0.29) is 66.6 Å². The van der Waals surface area contributed by atoms with Gasteiger partial charge in [0.2, 0.25) is 11.6 Å². The minimum absolute atomic E-state index is 0.0270. The molecule has 19 atom stereocenters. The lowest BCUT2D eigenvalue weighted by Crippen LogP contribution is -2.63. The molecule has 0 aromatic rings. The van der Waals surface area contributed by atoms with Crippen molar-refractivity contribution >= 4 is 23.3 Å². The van der Waals surface area contributed by atoms with E-state index in [0.717, 1.165) is 32.1 Å². The maximum atomic E-state index is 14.5. The maximum absolute atomic E-state index is 14.5. The average Bonchev–Trinajstić information content (AvgIpc) is 3.37. The summed E-state index contributed by atoms with van der Waals surface area (Å²) >= 11 is 0. The van der Waals surface area contributed by atoms with Crippen LogP contribution in [0.3, 0.4) is 0 Å². The highest BCUT2D eigenvalue weighted by Crippen LogP contribution is 2.40. The van der Waals surface area contributed by atoms with Gasteiger partial charge in [0, 0.05) is 58.5 Å². The van der Waals surface area contributed by atoms with Gasteiger partial charge in [0.25, 0.3) is 0 Å². The Labute approximate surface area is 437 Å². The first kappa shape index (κ1) is 63.5. The van der Waals surface area contributed by atoms with Crippen molar-refractivity contribution in [3.63, 3.8) is 0 Å². The van der Waals surface area contributed by atoms with Crippen molar-refractivity contribution in [2.45, 2.75) is 238 Å². The van der Waals surface area contributed by atoms with Gasteiger partial charge in [-0.2, -0.15) is 0 Å². The van der Waals surface area contributed by atoms with Crippen molar-refractivity contribution in [1.29, 1.82) is 0 Å². The third kappa shape index (κ3) is 17.0. The topological polar surface area (TPSA) is 248 Å². The van der Waals surface area contributed by atoms with Crippen LogP contribution in [0, 0.1) is 52.8 Å². The molecule has 3 aliphatic heterocycles. The third-order valence-corrected chi connectivity index (χ3v) is 17.6. The molecular weight excluding hydrogens is 943 g/mol. The van der Waals surface area contributed by atoms with Gasteiger partial charge in [0.05, 0.1) is 49.8 Å². The Morgan fingerprint density at radius 3 is 2.05 bits per heavy atom. The van der Waals surface area contributed by atoms with E-state index in [0.29, 0.717) is 70.6 Å². The second-order valence-corrected chi connectivity index (χ2v) is 23.7. The Morgan fingerprint density at radius 1 is 0.753 bits per heavy atom. The van der Waals surface area contributed by atoms with Gasteiger partial charge in [-0.3, -0.25) is 24.1 Å². The molecule has 1 aliphatic carbocycles. The van der Waals surface area contributed by atoms with E-state index in [2.05, 4.69) is 13.8 Å². The highest BCUT2D eigenvalue weighted by molar-refractivity contribution is 5.89. The van der Waals surface area contributed by atoms with Gasteiger partial charge in [0.15, 0.2) is 18.3 Å². The highest BCUT2D eigenvalue weighted by Gasteiger charge is 2.53. The van der Waals surface area contributed by atoms with Crippen LogP contribution in [0.15, 0.2) is 0 Å². The Kier molecular flexibility index (Phi) is 25.8. The van der Waals surface area contributed by atoms with Gasteiger partial charge in [0.1, 0.15) is 23.4 Å². The zero-order valence-electron chi connectivity index (χ0n) is 46.5. The summed E-state index contributed by atoms with van der Waals surface area (Å²) in [5.41, 5.74) is -1.46. The molecule has 73 heavy (non-hydrogen) atoms. The Morgan fingerprint density at radius 2 is 1.41 bits per heavy atom. The number of rotatable bonds is 10. The van der Waals surface area contributed by atoms with Crippen LogP contribution >= 0.6 is 0 Å². The van der Waals surface area contributed by atoms with Gasteiger partial charge >= 0.3 is 5.97 Å². The number of aliphatic hydroxyl groups excluding tert-OH is 5. The number of carbonyl (C=O) groups is 4. The molecule has 1 saturated carbocycles. The standard InChI is InChI=1S/C56H99NO16/c1-33-17-13-12-14-18-34(2)45(68-9)29-41-22-20-39(7)56(67,73-41)51(63)52(64)57-24-16-15-19-42(57)53(65)71-46(30-43(60)35(3)26-38(6)49(62)50(70-11)48(61)37(5)25-33)36(4)27-40-21-23-44(47(28-40)69-10)72-54(66)55(8,31-58)32-59/h33-42,44-47,49-50,52-53,58-59,62,64-65,67H,12-32H2,1-11H3/t33-,34?,35?,36-,37-,38?,39?,40+,41+,42?,44-,45+,46+,47-,49-,50+,52?,53?,56-/m1/s1. The molecule has 3 saturated heterocycles. The summed E-state index contributed by atoms with van der Waals surface area (Å²) in [4.78, 5) is 57.2. The first-order valence-corrected chi connectivity index (χ1v) is 28.0. The Balaban J connectivity index is 1.64. The number of ether oxygens (including phenoxy) is 6. The molecule has 4 rings (SSSR count). The van der Waals surface area contributed by atoms with Gasteiger partial charge in [-0.1, -0.05) is 80.6 Å². The molecular formula is C56H99NO16. The molecule has 0 aromatic carbocycles. The summed E-state index contributed by atoms with van der Waals surface area (Å²) in [5, 5.41) is 67.4. The maximum Gasteiger partial charge on any atom is 0.316 e. The van der Waals surface area contributed by atoms with E-state index in [9.17, 15) is 49.8 Å². The molecule has 2 bridgehead atoms. The van der Waals surface area contributed by atoms with Gasteiger partial charge in [-0.05, 0) is 107 Å². The predicted molar refractivity (Wildman–Crippen MR) is 274 cm³/mol. The quantitative estimate of drug-likeness (QED) is 0.139. The number of Topliss-reactive ketones (excluding diaryl/α,β-unsaturated/α-hetero) is 3. The summed E-state index contributed by atoms with van der Waals surface area (Å²) in [6.45, 7) is 14.0. The van der Waals surface area contributed by atoms with Gasteiger partial charge in [-0.15, -0.1) is 0 Å². The van der Waals surface area contributed by atoms with Crippen molar-refractivity contribution < 1.29 is 78.2 Å². The van der Waals surface area contributed by atoms with Crippen LogP contribution < -0.4 is 0 Å².